The summed E-state index contributed by atoms with van der Waals surface area (Å²) in [5, 5.41) is 23.7. The van der Waals surface area contributed by atoms with Gasteiger partial charge in [0.05, 0.1) is 18.8 Å². The second-order valence-electron chi connectivity index (χ2n) is 10.6. The zero-order valence-electron chi connectivity index (χ0n) is 24.7. The molecular weight excluding hydrogens is 582 g/mol. The SMILES string of the molecule is CC(=O)Nc1ccc(SC[C@H]2C[C@@H](c3ccc(CO)cc3)O[C@@H](c3ccc(NC(=O)CCCCCC(=O)NO)cc3)O2)cc1. The topological polar surface area (TPSA) is 146 Å². The van der Waals surface area contributed by atoms with Gasteiger partial charge >= 0.3 is 0 Å². The molecule has 0 saturated carbocycles. The van der Waals surface area contributed by atoms with Crippen LogP contribution in [0.2, 0.25) is 0 Å². The number of ether oxygens (including phenoxy) is 2. The Labute approximate surface area is 261 Å². The summed E-state index contributed by atoms with van der Waals surface area (Å²) in [5.41, 5.74) is 5.69. The summed E-state index contributed by atoms with van der Waals surface area (Å²) in [7, 11) is 0. The van der Waals surface area contributed by atoms with Crippen molar-refractivity contribution in [1.82, 2.24) is 5.48 Å². The van der Waals surface area contributed by atoms with Crippen molar-refractivity contribution in [3.8, 4) is 0 Å². The number of hydrogen-bond acceptors (Lipinski definition) is 8. The highest BCUT2D eigenvalue weighted by Gasteiger charge is 2.32. The van der Waals surface area contributed by atoms with Gasteiger partial charge in [0.15, 0.2) is 6.29 Å². The first kappa shape index (κ1) is 33.2. The number of benzene rings is 3. The number of rotatable bonds is 14. The van der Waals surface area contributed by atoms with Gasteiger partial charge in [0.2, 0.25) is 17.7 Å². The fourth-order valence-corrected chi connectivity index (χ4v) is 5.72. The summed E-state index contributed by atoms with van der Waals surface area (Å²) in [6.45, 7) is 1.46. The van der Waals surface area contributed by atoms with Gasteiger partial charge in [0.25, 0.3) is 0 Å². The van der Waals surface area contributed by atoms with E-state index < -0.39 is 12.2 Å². The van der Waals surface area contributed by atoms with E-state index >= 15 is 0 Å². The molecule has 0 aromatic heterocycles. The largest absolute Gasteiger partial charge is 0.392 e. The van der Waals surface area contributed by atoms with Gasteiger partial charge in [-0.15, -0.1) is 11.8 Å². The molecule has 10 nitrogen and oxygen atoms in total. The second kappa shape index (κ2) is 16.9. The number of nitrogens with one attached hydrogen (secondary N) is 3. The molecule has 0 bridgehead atoms. The Morgan fingerprint density at radius 3 is 2.05 bits per heavy atom. The number of amides is 3. The molecule has 1 fully saturated rings. The molecule has 0 spiro atoms. The molecule has 1 heterocycles. The third kappa shape index (κ3) is 10.5. The van der Waals surface area contributed by atoms with Gasteiger partial charge in [-0.2, -0.15) is 0 Å². The lowest BCUT2D eigenvalue weighted by atomic mass is 10.0. The normalized spacial score (nSPS) is 17.9. The minimum Gasteiger partial charge on any atom is -0.392 e. The summed E-state index contributed by atoms with van der Waals surface area (Å²) in [6, 6.07) is 22.9. The molecule has 1 aliphatic rings. The van der Waals surface area contributed by atoms with Gasteiger partial charge in [-0.1, -0.05) is 42.8 Å². The van der Waals surface area contributed by atoms with E-state index in [1.165, 1.54) is 6.92 Å². The van der Waals surface area contributed by atoms with Crippen LogP contribution in [0.15, 0.2) is 77.7 Å². The van der Waals surface area contributed by atoms with Crippen LogP contribution in [0.5, 0.6) is 0 Å². The Kier molecular flexibility index (Phi) is 12.8. The van der Waals surface area contributed by atoms with Crippen LogP contribution in [0.3, 0.4) is 0 Å². The highest BCUT2D eigenvalue weighted by Crippen LogP contribution is 2.39. The van der Waals surface area contributed by atoms with Crippen molar-refractivity contribution in [2.75, 3.05) is 16.4 Å². The maximum Gasteiger partial charge on any atom is 0.243 e. The van der Waals surface area contributed by atoms with Crippen molar-refractivity contribution in [3.05, 3.63) is 89.5 Å². The van der Waals surface area contributed by atoms with E-state index in [4.69, 9.17) is 14.7 Å². The standard InChI is InChI=1S/C33H39N3O7S/c1-22(38)34-26-15-17-29(18-16-26)44-21-28-19-30(24-9-7-23(20-37)8-10-24)43-33(42-28)25-11-13-27(14-12-25)35-31(39)5-3-2-4-6-32(40)36-41/h7-18,28,30,33,37,41H,2-6,19-21H2,1H3,(H,34,38)(H,35,39)(H,36,40)/t28-,30+,33+/m1/s1. The molecule has 3 aromatic rings. The van der Waals surface area contributed by atoms with Crippen LogP contribution in [0, 0.1) is 0 Å². The van der Waals surface area contributed by atoms with Crippen LogP contribution in [0.4, 0.5) is 11.4 Å². The van der Waals surface area contributed by atoms with Crippen molar-refractivity contribution in [2.24, 2.45) is 0 Å². The molecule has 3 amide bonds. The lowest BCUT2D eigenvalue weighted by Gasteiger charge is -2.36. The van der Waals surface area contributed by atoms with E-state index in [2.05, 4.69) is 10.6 Å². The first-order chi connectivity index (χ1) is 21.3. The predicted octanol–water partition coefficient (Wildman–Crippen LogP) is 5.87. The third-order valence-corrected chi connectivity index (χ3v) is 8.27. The van der Waals surface area contributed by atoms with Crippen molar-refractivity contribution in [2.45, 2.75) is 75.4 Å². The fraction of sp³-hybridized carbons (Fsp3) is 0.364. The minimum absolute atomic E-state index is 0.0240. The number of anilines is 2. The second-order valence-corrected chi connectivity index (χ2v) is 11.7. The first-order valence-corrected chi connectivity index (χ1v) is 15.7. The molecule has 0 aliphatic carbocycles. The van der Waals surface area contributed by atoms with Gasteiger partial charge in [-0.25, -0.2) is 5.48 Å². The number of unbranched alkanes of at least 4 members (excludes halogenated alkanes) is 2. The zero-order valence-corrected chi connectivity index (χ0v) is 25.5. The van der Waals surface area contributed by atoms with Crippen LogP contribution in [0.25, 0.3) is 0 Å². The molecule has 11 heteroatoms. The van der Waals surface area contributed by atoms with Crippen LogP contribution in [-0.4, -0.2) is 39.9 Å². The molecule has 5 N–H and O–H groups in total. The van der Waals surface area contributed by atoms with E-state index in [0.717, 1.165) is 27.3 Å². The number of aliphatic hydroxyl groups excluding tert-OH is 1. The van der Waals surface area contributed by atoms with E-state index in [0.29, 0.717) is 43.5 Å². The molecule has 234 valence electrons. The minimum atomic E-state index is -0.611. The highest BCUT2D eigenvalue weighted by molar-refractivity contribution is 7.99. The molecule has 0 unspecified atom stereocenters. The maximum atomic E-state index is 12.4. The Bertz CT molecular complexity index is 1370. The monoisotopic (exact) mass is 621 g/mol. The van der Waals surface area contributed by atoms with Crippen LogP contribution >= 0.6 is 11.8 Å². The smallest absolute Gasteiger partial charge is 0.243 e. The Hall–Kier alpha value is -3.74. The zero-order chi connectivity index (χ0) is 31.3. The molecule has 1 aliphatic heterocycles. The molecule has 3 atom stereocenters. The summed E-state index contributed by atoms with van der Waals surface area (Å²) in [5.74, 6) is 0.0530. The number of carbonyl (C=O) groups excluding carboxylic acids is 3. The lowest BCUT2D eigenvalue weighted by Crippen LogP contribution is -2.31. The average Bonchev–Trinajstić information content (AvgIpc) is 3.04. The summed E-state index contributed by atoms with van der Waals surface area (Å²) in [4.78, 5) is 35.8. The Balaban J connectivity index is 1.37. The van der Waals surface area contributed by atoms with Gasteiger partial charge in [-0.05, 0) is 60.4 Å². The van der Waals surface area contributed by atoms with E-state index in [9.17, 15) is 19.5 Å². The summed E-state index contributed by atoms with van der Waals surface area (Å²) < 4.78 is 12.8. The molecule has 1 saturated heterocycles. The maximum absolute atomic E-state index is 12.4. The van der Waals surface area contributed by atoms with Gasteiger partial charge in [-0.3, -0.25) is 19.6 Å². The first-order valence-electron chi connectivity index (χ1n) is 14.7. The number of hydrogen-bond donors (Lipinski definition) is 5. The summed E-state index contributed by atoms with van der Waals surface area (Å²) in [6.07, 6.45) is 2.25. The predicted molar refractivity (Wildman–Crippen MR) is 168 cm³/mol. The van der Waals surface area contributed by atoms with E-state index in [1.807, 2.05) is 72.8 Å². The van der Waals surface area contributed by atoms with Crippen molar-refractivity contribution < 1.29 is 34.2 Å². The number of aliphatic hydroxyl groups is 1. The Morgan fingerprint density at radius 1 is 0.795 bits per heavy atom. The highest BCUT2D eigenvalue weighted by atomic mass is 32.2. The van der Waals surface area contributed by atoms with E-state index in [-0.39, 0.29) is 37.0 Å². The quantitative estimate of drug-likeness (QED) is 0.0650. The number of thioether (sulfide) groups is 1. The van der Waals surface area contributed by atoms with Gasteiger partial charge < -0.3 is 25.2 Å². The average molecular weight is 622 g/mol. The molecule has 4 rings (SSSR count). The summed E-state index contributed by atoms with van der Waals surface area (Å²) >= 11 is 1.67. The van der Waals surface area contributed by atoms with Gasteiger partial charge in [0, 0.05) is 53.8 Å². The van der Waals surface area contributed by atoms with Crippen LogP contribution in [-0.2, 0) is 30.5 Å². The lowest BCUT2D eigenvalue weighted by molar-refractivity contribution is -0.245. The van der Waals surface area contributed by atoms with Crippen molar-refractivity contribution in [3.63, 3.8) is 0 Å². The van der Waals surface area contributed by atoms with Crippen LogP contribution < -0.4 is 16.1 Å². The molecular formula is C33H39N3O7S. The fourth-order valence-electron chi connectivity index (χ4n) is 4.80. The molecule has 0 radical (unpaired) electrons. The number of carbonyl (C=O) groups is 3. The third-order valence-electron chi connectivity index (χ3n) is 7.12. The van der Waals surface area contributed by atoms with E-state index in [1.54, 1.807) is 17.2 Å². The Morgan fingerprint density at radius 2 is 1.41 bits per heavy atom. The van der Waals surface area contributed by atoms with Gasteiger partial charge in [0.1, 0.15) is 0 Å². The van der Waals surface area contributed by atoms with Crippen LogP contribution in [0.1, 0.15) is 74.5 Å². The molecule has 3 aromatic carbocycles. The molecule has 44 heavy (non-hydrogen) atoms. The van der Waals surface area contributed by atoms with Crippen molar-refractivity contribution >= 4 is 40.9 Å². The van der Waals surface area contributed by atoms with Crippen molar-refractivity contribution in [1.29, 1.82) is 0 Å². The number of hydroxylamine groups is 1.